The van der Waals surface area contributed by atoms with Crippen LogP contribution in [0.15, 0.2) is 83.7 Å². The molecule has 0 aliphatic carbocycles. The van der Waals surface area contributed by atoms with Gasteiger partial charge in [-0.1, -0.05) is 58.0 Å². The summed E-state index contributed by atoms with van der Waals surface area (Å²) in [6.45, 7) is 15.4. The quantitative estimate of drug-likeness (QED) is 0.380. The van der Waals surface area contributed by atoms with Gasteiger partial charge < -0.3 is 10.6 Å². The van der Waals surface area contributed by atoms with E-state index in [4.69, 9.17) is 0 Å². The summed E-state index contributed by atoms with van der Waals surface area (Å²) in [6.07, 6.45) is 8.62. The highest BCUT2D eigenvalue weighted by molar-refractivity contribution is 5.56. The second-order valence-electron chi connectivity index (χ2n) is 9.28. The summed E-state index contributed by atoms with van der Waals surface area (Å²) in [7, 11) is 0. The SMILES string of the molecule is C\C=C(C)/C(=C\C(C)=C\Nc1cccc(CC(C)C)c1)Nc1cccc(CC(C)C)c1. The zero-order valence-electron chi connectivity index (χ0n) is 20.4. The zero-order chi connectivity index (χ0) is 22.8. The van der Waals surface area contributed by atoms with Crippen LogP contribution in [-0.4, -0.2) is 0 Å². The maximum absolute atomic E-state index is 3.63. The molecule has 0 fully saturated rings. The first-order chi connectivity index (χ1) is 14.8. The molecule has 2 heteroatoms. The van der Waals surface area contributed by atoms with E-state index in [1.54, 1.807) is 0 Å². The molecule has 2 N–H and O–H groups in total. The largest absolute Gasteiger partial charge is 0.361 e. The van der Waals surface area contributed by atoms with Crippen molar-refractivity contribution in [3.63, 3.8) is 0 Å². The van der Waals surface area contributed by atoms with Gasteiger partial charge in [0, 0.05) is 23.3 Å². The van der Waals surface area contributed by atoms with Gasteiger partial charge in [0.25, 0.3) is 0 Å². The summed E-state index contributed by atoms with van der Waals surface area (Å²) in [5, 5.41) is 7.09. The molecule has 0 aliphatic rings. The van der Waals surface area contributed by atoms with Crippen molar-refractivity contribution >= 4 is 11.4 Å². The van der Waals surface area contributed by atoms with Gasteiger partial charge in [-0.05, 0) is 98.1 Å². The molecule has 0 bridgehead atoms. The lowest BCUT2D eigenvalue weighted by Crippen LogP contribution is -2.03. The lowest BCUT2D eigenvalue weighted by molar-refractivity contribution is 0.647. The maximum Gasteiger partial charge on any atom is 0.0413 e. The number of nitrogens with one attached hydrogen (secondary N) is 2. The van der Waals surface area contributed by atoms with Crippen molar-refractivity contribution < 1.29 is 0 Å². The van der Waals surface area contributed by atoms with E-state index in [0.29, 0.717) is 11.8 Å². The fourth-order valence-corrected chi connectivity index (χ4v) is 3.53. The standard InChI is InChI=1S/C29H40N2/c1-8-24(7)29(31-28-14-10-12-26(19-28)16-22(4)5)17-23(6)20-30-27-13-9-11-25(18-27)15-21(2)3/h8-14,17-22,30-31H,15-16H2,1-7H3/b23-20+,24-8-,29-17+. The van der Waals surface area contributed by atoms with E-state index in [1.165, 1.54) is 16.7 Å². The average Bonchev–Trinajstić information content (AvgIpc) is 2.71. The van der Waals surface area contributed by atoms with Crippen LogP contribution in [-0.2, 0) is 12.8 Å². The van der Waals surface area contributed by atoms with Gasteiger partial charge in [-0.2, -0.15) is 0 Å². The molecule has 0 unspecified atom stereocenters. The minimum atomic E-state index is 0.651. The van der Waals surface area contributed by atoms with Crippen LogP contribution in [0.4, 0.5) is 11.4 Å². The Morgan fingerprint density at radius 2 is 1.39 bits per heavy atom. The summed E-state index contributed by atoms with van der Waals surface area (Å²) < 4.78 is 0. The molecule has 0 saturated carbocycles. The molecular weight excluding hydrogens is 376 g/mol. The number of hydrogen-bond acceptors (Lipinski definition) is 2. The summed E-state index contributed by atoms with van der Waals surface area (Å²) in [6, 6.07) is 17.4. The van der Waals surface area contributed by atoms with E-state index in [2.05, 4.69) is 126 Å². The Morgan fingerprint density at radius 1 is 0.839 bits per heavy atom. The molecule has 166 valence electrons. The van der Waals surface area contributed by atoms with E-state index < -0.39 is 0 Å². The molecule has 2 rings (SSSR count). The fraction of sp³-hybridized carbons (Fsp3) is 0.379. The Bertz CT molecular complexity index is 929. The lowest BCUT2D eigenvalue weighted by atomic mass is 10.0. The van der Waals surface area contributed by atoms with Crippen molar-refractivity contribution in [3.8, 4) is 0 Å². The fourth-order valence-electron chi connectivity index (χ4n) is 3.53. The van der Waals surface area contributed by atoms with Crippen molar-refractivity contribution in [1.82, 2.24) is 0 Å². The second-order valence-corrected chi connectivity index (χ2v) is 9.28. The Labute approximate surface area is 190 Å². The van der Waals surface area contributed by atoms with Gasteiger partial charge in [-0.15, -0.1) is 0 Å². The molecule has 0 aromatic heterocycles. The normalized spacial score (nSPS) is 13.1. The van der Waals surface area contributed by atoms with Crippen LogP contribution in [0.5, 0.6) is 0 Å². The van der Waals surface area contributed by atoms with Crippen LogP contribution in [0.3, 0.4) is 0 Å². The summed E-state index contributed by atoms with van der Waals surface area (Å²) in [4.78, 5) is 0. The van der Waals surface area contributed by atoms with Crippen LogP contribution >= 0.6 is 0 Å². The van der Waals surface area contributed by atoms with E-state index in [9.17, 15) is 0 Å². The van der Waals surface area contributed by atoms with Crippen molar-refractivity contribution in [1.29, 1.82) is 0 Å². The predicted octanol–water partition coefficient (Wildman–Crippen LogP) is 8.36. The van der Waals surface area contributed by atoms with Crippen LogP contribution in [0.2, 0.25) is 0 Å². The van der Waals surface area contributed by atoms with E-state index in [0.717, 1.165) is 35.5 Å². The molecule has 2 aromatic carbocycles. The van der Waals surface area contributed by atoms with E-state index in [1.807, 2.05) is 0 Å². The first kappa shape index (κ1) is 24.5. The number of hydrogen-bond donors (Lipinski definition) is 2. The zero-order valence-corrected chi connectivity index (χ0v) is 20.4. The van der Waals surface area contributed by atoms with Crippen LogP contribution < -0.4 is 10.6 Å². The van der Waals surface area contributed by atoms with Crippen LogP contribution in [0.1, 0.15) is 59.6 Å². The molecule has 2 aromatic rings. The van der Waals surface area contributed by atoms with Gasteiger partial charge in [0.1, 0.15) is 0 Å². The van der Waals surface area contributed by atoms with Crippen molar-refractivity contribution in [2.75, 3.05) is 10.6 Å². The van der Waals surface area contributed by atoms with Gasteiger partial charge in [-0.3, -0.25) is 0 Å². The lowest BCUT2D eigenvalue weighted by Gasteiger charge is -2.14. The van der Waals surface area contributed by atoms with Gasteiger partial charge in [0.2, 0.25) is 0 Å². The molecule has 31 heavy (non-hydrogen) atoms. The monoisotopic (exact) mass is 416 g/mol. The maximum atomic E-state index is 3.63. The topological polar surface area (TPSA) is 24.1 Å². The Balaban J connectivity index is 2.17. The number of allylic oxidation sites excluding steroid dienone is 4. The van der Waals surface area contributed by atoms with Crippen LogP contribution in [0, 0.1) is 11.8 Å². The average molecular weight is 417 g/mol. The molecule has 0 atom stereocenters. The highest BCUT2D eigenvalue weighted by Gasteiger charge is 2.04. The molecule has 0 amide bonds. The number of anilines is 2. The molecular formula is C29H40N2. The predicted molar refractivity (Wildman–Crippen MR) is 138 cm³/mol. The summed E-state index contributed by atoms with van der Waals surface area (Å²) >= 11 is 0. The smallest absolute Gasteiger partial charge is 0.0413 e. The van der Waals surface area contributed by atoms with Gasteiger partial charge in [-0.25, -0.2) is 0 Å². The minimum Gasteiger partial charge on any atom is -0.361 e. The third-order valence-electron chi connectivity index (χ3n) is 5.12. The van der Waals surface area contributed by atoms with Crippen LogP contribution in [0.25, 0.3) is 0 Å². The molecule has 0 saturated heterocycles. The summed E-state index contributed by atoms with van der Waals surface area (Å²) in [5.74, 6) is 1.31. The van der Waals surface area contributed by atoms with Crippen molar-refractivity contribution in [2.24, 2.45) is 11.8 Å². The number of rotatable bonds is 10. The number of benzene rings is 2. The minimum absolute atomic E-state index is 0.651. The Hall–Kier alpha value is -2.74. The van der Waals surface area contributed by atoms with E-state index in [-0.39, 0.29) is 0 Å². The van der Waals surface area contributed by atoms with Gasteiger partial charge >= 0.3 is 0 Å². The highest BCUT2D eigenvalue weighted by atomic mass is 14.9. The molecule has 0 heterocycles. The highest BCUT2D eigenvalue weighted by Crippen LogP contribution is 2.20. The molecule has 0 aliphatic heterocycles. The first-order valence-electron chi connectivity index (χ1n) is 11.5. The Kier molecular flexibility index (Phi) is 9.65. The molecule has 0 spiro atoms. The van der Waals surface area contributed by atoms with Crippen molar-refractivity contribution in [2.45, 2.75) is 61.3 Å². The Morgan fingerprint density at radius 3 is 1.94 bits per heavy atom. The third kappa shape index (κ3) is 8.88. The first-order valence-corrected chi connectivity index (χ1v) is 11.5. The molecule has 0 radical (unpaired) electrons. The second kappa shape index (κ2) is 12.2. The van der Waals surface area contributed by atoms with Gasteiger partial charge in [0.05, 0.1) is 0 Å². The third-order valence-corrected chi connectivity index (χ3v) is 5.12. The molecule has 2 nitrogen and oxygen atoms in total. The van der Waals surface area contributed by atoms with E-state index >= 15 is 0 Å². The van der Waals surface area contributed by atoms with Crippen molar-refractivity contribution in [3.05, 3.63) is 94.9 Å². The summed E-state index contributed by atoms with van der Waals surface area (Å²) in [5.41, 5.74) is 8.51. The van der Waals surface area contributed by atoms with Gasteiger partial charge in [0.15, 0.2) is 0 Å².